The van der Waals surface area contributed by atoms with Gasteiger partial charge in [0.2, 0.25) is 5.91 Å². The number of carbonyl (C=O) groups excluding carboxylic acids is 2. The van der Waals surface area contributed by atoms with Gasteiger partial charge in [-0.25, -0.2) is 18.7 Å². The van der Waals surface area contributed by atoms with Gasteiger partial charge in [0.15, 0.2) is 9.84 Å². The van der Waals surface area contributed by atoms with Crippen molar-refractivity contribution in [1.82, 2.24) is 10.4 Å². The van der Waals surface area contributed by atoms with Gasteiger partial charge in [-0.1, -0.05) is 54.1 Å². The number of amides is 2. The van der Waals surface area contributed by atoms with E-state index in [0.717, 1.165) is 16.0 Å². The van der Waals surface area contributed by atoms with Crippen LogP contribution in [0.1, 0.15) is 23.3 Å². The first-order chi connectivity index (χ1) is 17.2. The van der Waals surface area contributed by atoms with Gasteiger partial charge in [0, 0.05) is 27.9 Å². The third kappa shape index (κ3) is 5.57. The van der Waals surface area contributed by atoms with E-state index in [1.807, 2.05) is 42.5 Å². The molecule has 1 fully saturated rings. The Morgan fingerprint density at radius 1 is 1.06 bits per heavy atom. The third-order valence-electron chi connectivity index (χ3n) is 6.23. The summed E-state index contributed by atoms with van der Waals surface area (Å²) >= 11 is 7.25. The van der Waals surface area contributed by atoms with Crippen LogP contribution in [0.25, 0.3) is 10.4 Å². The minimum absolute atomic E-state index is 0.0240. The maximum absolute atomic E-state index is 13.7. The molecule has 1 saturated heterocycles. The lowest BCUT2D eigenvalue weighted by Gasteiger charge is -2.30. The summed E-state index contributed by atoms with van der Waals surface area (Å²) < 4.78 is 31.1. The summed E-state index contributed by atoms with van der Waals surface area (Å²) in [4.78, 5) is 27.7. The van der Waals surface area contributed by atoms with Crippen molar-refractivity contribution in [3.63, 3.8) is 0 Å². The van der Waals surface area contributed by atoms with Crippen LogP contribution in [-0.2, 0) is 30.7 Å². The highest BCUT2D eigenvalue weighted by Crippen LogP contribution is 2.45. The van der Waals surface area contributed by atoms with E-state index in [9.17, 15) is 23.2 Å². The highest BCUT2D eigenvalue weighted by Gasteiger charge is 2.50. The molecule has 36 heavy (non-hydrogen) atoms. The second-order valence-electron chi connectivity index (χ2n) is 8.47. The number of hydrogen-bond donors (Lipinski definition) is 2. The van der Waals surface area contributed by atoms with Crippen LogP contribution in [0.2, 0.25) is 5.02 Å². The molecule has 0 bridgehead atoms. The largest absolute Gasteiger partial charge is 0.445 e. The molecule has 8 nitrogen and oxygen atoms in total. The van der Waals surface area contributed by atoms with Crippen molar-refractivity contribution < 1.29 is 28.0 Å². The molecule has 2 aromatic carbocycles. The molecule has 1 aliphatic heterocycles. The standard InChI is InChI=1S/C25H25ClN2O6S2/c26-20-8-6-19(7-9-20)21-10-11-22(35-21)25(16-23(29)27-31)12-13-28(14-15-36(25,32)33)24(30)34-17-18-4-2-1-3-5-18/h1-11,31H,12-17H2,(H,27,29)/t25-/m0/s1. The molecule has 4 rings (SSSR count). The number of hydrogen-bond acceptors (Lipinski definition) is 7. The topological polar surface area (TPSA) is 113 Å². The maximum atomic E-state index is 13.7. The second kappa shape index (κ2) is 11.0. The average molecular weight is 549 g/mol. The Morgan fingerprint density at radius 2 is 1.78 bits per heavy atom. The van der Waals surface area contributed by atoms with Crippen molar-refractivity contribution in [1.29, 1.82) is 0 Å². The van der Waals surface area contributed by atoms with E-state index in [4.69, 9.17) is 16.3 Å². The number of ether oxygens (including phenoxy) is 1. The van der Waals surface area contributed by atoms with Crippen LogP contribution >= 0.6 is 22.9 Å². The van der Waals surface area contributed by atoms with Crippen LogP contribution < -0.4 is 5.48 Å². The smallest absolute Gasteiger partial charge is 0.410 e. The number of thiophene rings is 1. The molecule has 1 atom stereocenters. The normalized spacial score (nSPS) is 19.3. The predicted molar refractivity (Wildman–Crippen MR) is 138 cm³/mol. The zero-order valence-electron chi connectivity index (χ0n) is 19.2. The van der Waals surface area contributed by atoms with Crippen molar-refractivity contribution in [3.05, 3.63) is 82.2 Å². The molecule has 1 aromatic heterocycles. The monoisotopic (exact) mass is 548 g/mol. The summed E-state index contributed by atoms with van der Waals surface area (Å²) in [6.45, 7) is 0.0734. The van der Waals surface area contributed by atoms with Gasteiger partial charge in [0.1, 0.15) is 11.4 Å². The number of carbonyl (C=O) groups is 2. The number of halogens is 1. The van der Waals surface area contributed by atoms with Gasteiger partial charge in [-0.2, -0.15) is 0 Å². The first-order valence-electron chi connectivity index (χ1n) is 11.2. The summed E-state index contributed by atoms with van der Waals surface area (Å²) in [5, 5.41) is 9.79. The summed E-state index contributed by atoms with van der Waals surface area (Å²) in [5.41, 5.74) is 3.23. The Hall–Kier alpha value is -2.92. The molecular weight excluding hydrogens is 524 g/mol. The molecule has 0 saturated carbocycles. The Morgan fingerprint density at radius 3 is 2.47 bits per heavy atom. The van der Waals surface area contributed by atoms with Crippen molar-refractivity contribution in [2.24, 2.45) is 0 Å². The first-order valence-corrected chi connectivity index (χ1v) is 14.1. The molecule has 0 radical (unpaired) electrons. The minimum Gasteiger partial charge on any atom is -0.445 e. The van der Waals surface area contributed by atoms with Crippen LogP contribution in [0.15, 0.2) is 66.7 Å². The highest BCUT2D eigenvalue weighted by molar-refractivity contribution is 7.92. The number of rotatable bonds is 6. The molecule has 3 aromatic rings. The number of nitrogens with zero attached hydrogens (tertiary/aromatic N) is 1. The van der Waals surface area contributed by atoms with Crippen LogP contribution in [0.4, 0.5) is 4.79 Å². The average Bonchev–Trinajstić information content (AvgIpc) is 3.33. The van der Waals surface area contributed by atoms with Gasteiger partial charge in [0.05, 0.1) is 12.2 Å². The van der Waals surface area contributed by atoms with Gasteiger partial charge in [-0.15, -0.1) is 11.3 Å². The van der Waals surface area contributed by atoms with E-state index in [2.05, 4.69) is 0 Å². The Kier molecular flexibility index (Phi) is 7.99. The van der Waals surface area contributed by atoms with Gasteiger partial charge in [0.25, 0.3) is 0 Å². The molecule has 2 heterocycles. The van der Waals surface area contributed by atoms with Crippen LogP contribution in [0, 0.1) is 0 Å². The number of hydroxylamine groups is 1. The van der Waals surface area contributed by atoms with Gasteiger partial charge in [-0.05, 0) is 41.8 Å². The third-order valence-corrected chi connectivity index (χ3v) is 10.4. The van der Waals surface area contributed by atoms with E-state index in [1.165, 1.54) is 16.2 Å². The fourth-order valence-corrected chi connectivity index (χ4v) is 7.95. The Balaban J connectivity index is 1.61. The van der Waals surface area contributed by atoms with Gasteiger partial charge in [-0.3, -0.25) is 10.0 Å². The van der Waals surface area contributed by atoms with E-state index in [1.54, 1.807) is 29.7 Å². The van der Waals surface area contributed by atoms with Crippen molar-refractivity contribution in [2.45, 2.75) is 24.2 Å². The highest BCUT2D eigenvalue weighted by atomic mass is 35.5. The van der Waals surface area contributed by atoms with E-state index in [-0.39, 0.29) is 31.9 Å². The number of benzene rings is 2. The van der Waals surface area contributed by atoms with Crippen molar-refractivity contribution >= 4 is 44.8 Å². The maximum Gasteiger partial charge on any atom is 0.410 e. The van der Waals surface area contributed by atoms with E-state index < -0.39 is 33.0 Å². The molecule has 11 heteroatoms. The van der Waals surface area contributed by atoms with Crippen molar-refractivity contribution in [2.75, 3.05) is 18.8 Å². The second-order valence-corrected chi connectivity index (χ2v) is 12.4. The summed E-state index contributed by atoms with van der Waals surface area (Å²) in [6, 6.07) is 19.8. The molecule has 2 amide bonds. The zero-order valence-corrected chi connectivity index (χ0v) is 21.6. The summed E-state index contributed by atoms with van der Waals surface area (Å²) in [5.74, 6) is -1.17. The van der Waals surface area contributed by atoms with Gasteiger partial charge >= 0.3 is 6.09 Å². The molecule has 0 unspecified atom stereocenters. The lowest BCUT2D eigenvalue weighted by Crippen LogP contribution is -2.41. The molecule has 0 aliphatic carbocycles. The lowest BCUT2D eigenvalue weighted by atomic mass is 9.97. The fourth-order valence-electron chi connectivity index (χ4n) is 4.21. The molecular formula is C25H25ClN2O6S2. The van der Waals surface area contributed by atoms with Crippen LogP contribution in [-0.4, -0.2) is 49.4 Å². The van der Waals surface area contributed by atoms with Crippen LogP contribution in [0.5, 0.6) is 0 Å². The van der Waals surface area contributed by atoms with E-state index >= 15 is 0 Å². The number of sulfone groups is 1. The minimum atomic E-state index is -3.92. The molecule has 190 valence electrons. The van der Waals surface area contributed by atoms with E-state index in [0.29, 0.717) is 9.90 Å². The predicted octanol–water partition coefficient (Wildman–Crippen LogP) is 4.62. The summed E-state index contributed by atoms with van der Waals surface area (Å²) in [6.07, 6.45) is -1.12. The van der Waals surface area contributed by atoms with Crippen molar-refractivity contribution in [3.8, 4) is 10.4 Å². The fraction of sp³-hybridized carbons (Fsp3) is 0.280. The van der Waals surface area contributed by atoms with Crippen LogP contribution in [0.3, 0.4) is 0 Å². The quantitative estimate of drug-likeness (QED) is 0.343. The molecule has 1 aliphatic rings. The Bertz CT molecular complexity index is 1330. The zero-order chi connectivity index (χ0) is 25.8. The lowest BCUT2D eigenvalue weighted by molar-refractivity contribution is -0.129. The Labute approximate surface area is 218 Å². The number of nitrogens with one attached hydrogen (secondary N) is 1. The van der Waals surface area contributed by atoms with Gasteiger partial charge < -0.3 is 9.64 Å². The molecule has 2 N–H and O–H groups in total. The SMILES string of the molecule is O=C(C[C@]1(c2ccc(-c3ccc(Cl)cc3)s2)CCN(C(=O)OCc2ccccc2)CCS1(=O)=O)NO. The first kappa shape index (κ1) is 26.2. The summed E-state index contributed by atoms with van der Waals surface area (Å²) in [7, 11) is -3.92. The molecule has 0 spiro atoms.